The van der Waals surface area contributed by atoms with E-state index in [0.717, 1.165) is 5.56 Å². The quantitative estimate of drug-likeness (QED) is 0.753. The maximum atomic E-state index is 9.90. The molecule has 3 aromatic carbocycles. The van der Waals surface area contributed by atoms with Crippen LogP contribution in [-0.2, 0) is 0 Å². The van der Waals surface area contributed by atoms with Crippen molar-refractivity contribution in [3.63, 3.8) is 0 Å². The second-order valence-corrected chi connectivity index (χ2v) is 5.65. The highest BCUT2D eigenvalue weighted by Crippen LogP contribution is 2.33. The van der Waals surface area contributed by atoms with Crippen LogP contribution in [-0.4, -0.2) is 18.3 Å². The van der Waals surface area contributed by atoms with Crippen molar-refractivity contribution >= 4 is 10.8 Å². The van der Waals surface area contributed by atoms with Gasteiger partial charge in [-0.3, -0.25) is 0 Å². The van der Waals surface area contributed by atoms with Crippen LogP contribution in [0.1, 0.15) is 23.0 Å². The fraction of sp³-hybridized carbons (Fsp3) is 0.200. The molecule has 0 radical (unpaired) electrons. The molecular weight excluding hydrogens is 270 g/mol. The monoisotopic (exact) mass is 291 g/mol. The van der Waals surface area contributed by atoms with E-state index in [1.807, 2.05) is 30.3 Å². The normalized spacial score (nSPS) is 13.9. The lowest BCUT2D eigenvalue weighted by molar-refractivity contribution is 0.248. The topological polar surface area (TPSA) is 46.2 Å². The Kier molecular flexibility index (Phi) is 4.52. The minimum atomic E-state index is 0.0207. The number of rotatable bonds is 5. The molecule has 112 valence electrons. The van der Waals surface area contributed by atoms with Gasteiger partial charge in [-0.05, 0) is 28.4 Å². The molecule has 0 bridgehead atoms. The summed E-state index contributed by atoms with van der Waals surface area (Å²) < 4.78 is 0. The van der Waals surface area contributed by atoms with E-state index < -0.39 is 0 Å². The minimum absolute atomic E-state index is 0.0207. The van der Waals surface area contributed by atoms with Crippen LogP contribution >= 0.6 is 0 Å². The summed E-state index contributed by atoms with van der Waals surface area (Å²) >= 11 is 0. The molecule has 3 rings (SSSR count). The van der Waals surface area contributed by atoms with Crippen molar-refractivity contribution in [2.45, 2.75) is 11.8 Å². The van der Waals surface area contributed by atoms with Crippen LogP contribution < -0.4 is 5.73 Å². The first-order valence-electron chi connectivity index (χ1n) is 7.68. The Bertz CT molecular complexity index is 739. The molecule has 0 aliphatic heterocycles. The van der Waals surface area contributed by atoms with Crippen molar-refractivity contribution in [1.82, 2.24) is 0 Å². The average Bonchev–Trinajstić information content (AvgIpc) is 2.60. The number of aliphatic hydroxyl groups excluding tert-OH is 1. The lowest BCUT2D eigenvalue weighted by Gasteiger charge is -2.25. The lowest BCUT2D eigenvalue weighted by Crippen LogP contribution is -2.22. The van der Waals surface area contributed by atoms with Crippen molar-refractivity contribution in [2.75, 3.05) is 13.2 Å². The number of nitrogens with two attached hydrogens (primary N) is 1. The molecule has 0 saturated carbocycles. The van der Waals surface area contributed by atoms with Crippen LogP contribution in [0.15, 0.2) is 72.8 Å². The highest BCUT2D eigenvalue weighted by atomic mass is 16.3. The van der Waals surface area contributed by atoms with Gasteiger partial charge in [0.15, 0.2) is 0 Å². The molecule has 3 aromatic rings. The Morgan fingerprint density at radius 3 is 2.09 bits per heavy atom. The molecule has 0 aliphatic rings. The van der Waals surface area contributed by atoms with Gasteiger partial charge in [-0.2, -0.15) is 0 Å². The maximum Gasteiger partial charge on any atom is 0.0506 e. The molecule has 2 nitrogen and oxygen atoms in total. The third-order valence-electron chi connectivity index (χ3n) is 4.37. The van der Waals surface area contributed by atoms with Gasteiger partial charge in [0.05, 0.1) is 6.61 Å². The molecule has 2 atom stereocenters. The van der Waals surface area contributed by atoms with E-state index in [-0.39, 0.29) is 18.4 Å². The number of fused-ring (bicyclic) bond motifs is 1. The van der Waals surface area contributed by atoms with E-state index in [4.69, 9.17) is 5.73 Å². The van der Waals surface area contributed by atoms with Gasteiger partial charge < -0.3 is 10.8 Å². The van der Waals surface area contributed by atoms with Crippen molar-refractivity contribution in [2.24, 2.45) is 5.73 Å². The van der Waals surface area contributed by atoms with Gasteiger partial charge in [-0.15, -0.1) is 0 Å². The molecule has 0 saturated heterocycles. The third kappa shape index (κ3) is 2.89. The summed E-state index contributed by atoms with van der Waals surface area (Å²) in [6.07, 6.45) is 0. The molecule has 2 unspecified atom stereocenters. The van der Waals surface area contributed by atoms with Crippen LogP contribution in [0.2, 0.25) is 0 Å². The molecule has 0 amide bonds. The number of hydrogen-bond donors (Lipinski definition) is 2. The molecule has 0 aromatic heterocycles. The van der Waals surface area contributed by atoms with Gasteiger partial charge in [0, 0.05) is 11.8 Å². The molecule has 0 spiro atoms. The van der Waals surface area contributed by atoms with Crippen molar-refractivity contribution in [3.8, 4) is 0 Å². The number of hydrogen-bond acceptors (Lipinski definition) is 2. The summed E-state index contributed by atoms with van der Waals surface area (Å²) in [5.41, 5.74) is 8.37. The van der Waals surface area contributed by atoms with Crippen LogP contribution in [0, 0.1) is 0 Å². The highest BCUT2D eigenvalue weighted by molar-refractivity contribution is 5.83. The van der Waals surface area contributed by atoms with Gasteiger partial charge in [-0.25, -0.2) is 0 Å². The Labute approximate surface area is 131 Å². The fourth-order valence-corrected chi connectivity index (χ4v) is 3.14. The highest BCUT2D eigenvalue weighted by Gasteiger charge is 2.23. The Morgan fingerprint density at radius 1 is 0.727 bits per heavy atom. The minimum Gasteiger partial charge on any atom is -0.396 e. The van der Waals surface area contributed by atoms with Gasteiger partial charge in [0.1, 0.15) is 0 Å². The largest absolute Gasteiger partial charge is 0.396 e. The summed E-state index contributed by atoms with van der Waals surface area (Å²) in [4.78, 5) is 0. The van der Waals surface area contributed by atoms with E-state index in [1.165, 1.54) is 16.3 Å². The zero-order valence-corrected chi connectivity index (χ0v) is 12.5. The summed E-state index contributed by atoms with van der Waals surface area (Å²) in [6.45, 7) is 0.608. The zero-order chi connectivity index (χ0) is 15.4. The Hall–Kier alpha value is -2.16. The van der Waals surface area contributed by atoms with Crippen LogP contribution in [0.4, 0.5) is 0 Å². The van der Waals surface area contributed by atoms with Gasteiger partial charge in [0.2, 0.25) is 0 Å². The van der Waals surface area contributed by atoms with Crippen molar-refractivity contribution < 1.29 is 5.11 Å². The second kappa shape index (κ2) is 6.73. The molecule has 2 heteroatoms. The van der Waals surface area contributed by atoms with Crippen LogP contribution in [0.25, 0.3) is 10.8 Å². The molecule has 3 N–H and O–H groups in total. The summed E-state index contributed by atoms with van der Waals surface area (Å²) in [6, 6.07) is 24.9. The van der Waals surface area contributed by atoms with Gasteiger partial charge in [-0.1, -0.05) is 72.8 Å². The number of benzene rings is 3. The standard InChI is InChI=1S/C20H21NO/c21-13-19(20(14-22)16-7-2-1-3-8-16)18-11-10-15-6-4-5-9-17(15)12-18/h1-12,19-20,22H,13-14,21H2. The van der Waals surface area contributed by atoms with Crippen molar-refractivity contribution in [1.29, 1.82) is 0 Å². The Morgan fingerprint density at radius 2 is 1.41 bits per heavy atom. The van der Waals surface area contributed by atoms with Gasteiger partial charge in [0.25, 0.3) is 0 Å². The summed E-state index contributed by atoms with van der Waals surface area (Å²) in [5, 5.41) is 12.3. The Balaban J connectivity index is 2.00. The van der Waals surface area contributed by atoms with Gasteiger partial charge >= 0.3 is 0 Å². The van der Waals surface area contributed by atoms with E-state index in [1.54, 1.807) is 0 Å². The van der Waals surface area contributed by atoms with Crippen molar-refractivity contribution in [3.05, 3.63) is 83.9 Å². The smallest absolute Gasteiger partial charge is 0.0506 e. The molecule has 0 fully saturated rings. The molecule has 0 aliphatic carbocycles. The second-order valence-electron chi connectivity index (χ2n) is 5.65. The maximum absolute atomic E-state index is 9.90. The predicted molar refractivity (Wildman–Crippen MR) is 92.0 cm³/mol. The van der Waals surface area contributed by atoms with E-state index >= 15 is 0 Å². The van der Waals surface area contributed by atoms with Crippen LogP contribution in [0.3, 0.4) is 0 Å². The first-order chi connectivity index (χ1) is 10.8. The summed E-state index contributed by atoms with van der Waals surface area (Å²) in [5.74, 6) is 0.129. The third-order valence-corrected chi connectivity index (χ3v) is 4.37. The first-order valence-corrected chi connectivity index (χ1v) is 7.68. The fourth-order valence-electron chi connectivity index (χ4n) is 3.14. The lowest BCUT2D eigenvalue weighted by atomic mass is 9.81. The van der Waals surface area contributed by atoms with E-state index in [0.29, 0.717) is 6.54 Å². The molecule has 0 heterocycles. The average molecular weight is 291 g/mol. The predicted octanol–water partition coefficient (Wildman–Crippen LogP) is 3.66. The first kappa shape index (κ1) is 14.8. The zero-order valence-electron chi connectivity index (χ0n) is 12.5. The van der Waals surface area contributed by atoms with E-state index in [2.05, 4.69) is 42.5 Å². The molecule has 22 heavy (non-hydrogen) atoms. The van der Waals surface area contributed by atoms with Crippen LogP contribution in [0.5, 0.6) is 0 Å². The summed E-state index contributed by atoms with van der Waals surface area (Å²) in [7, 11) is 0. The van der Waals surface area contributed by atoms with E-state index in [9.17, 15) is 5.11 Å². The molecular formula is C20H21NO. The number of aliphatic hydroxyl groups is 1. The SMILES string of the molecule is NCC(c1ccc2ccccc2c1)C(CO)c1ccccc1.